The standard InChI is InChI=1S/C15H33NO2S/c1-7-10-11-13(8-2)12-14(16-9-3)15(4,5)19(6,17)18/h13-14,16H,7-12H2,1-6H3. The third kappa shape index (κ3) is 5.82. The van der Waals surface area contributed by atoms with Gasteiger partial charge in [0.25, 0.3) is 0 Å². The zero-order valence-electron chi connectivity index (χ0n) is 13.6. The van der Waals surface area contributed by atoms with E-state index in [1.807, 2.05) is 20.8 Å². The molecule has 0 fully saturated rings. The van der Waals surface area contributed by atoms with Gasteiger partial charge in [-0.05, 0) is 32.7 Å². The van der Waals surface area contributed by atoms with Crippen molar-refractivity contribution in [2.24, 2.45) is 5.92 Å². The third-order valence-electron chi connectivity index (χ3n) is 4.36. The first-order valence-corrected chi connectivity index (χ1v) is 9.52. The van der Waals surface area contributed by atoms with Gasteiger partial charge in [0.05, 0.1) is 4.75 Å². The molecule has 2 unspecified atom stereocenters. The van der Waals surface area contributed by atoms with Crippen LogP contribution in [-0.2, 0) is 9.84 Å². The van der Waals surface area contributed by atoms with E-state index in [0.717, 1.165) is 19.4 Å². The molecule has 0 radical (unpaired) electrons. The van der Waals surface area contributed by atoms with E-state index in [1.54, 1.807) is 0 Å². The summed E-state index contributed by atoms with van der Waals surface area (Å²) in [4.78, 5) is 0. The van der Waals surface area contributed by atoms with Crippen molar-refractivity contribution in [2.45, 2.75) is 77.5 Å². The minimum atomic E-state index is -3.06. The molecule has 0 aliphatic carbocycles. The van der Waals surface area contributed by atoms with E-state index in [4.69, 9.17) is 0 Å². The maximum absolute atomic E-state index is 12.0. The molecule has 0 aromatic carbocycles. The minimum Gasteiger partial charge on any atom is -0.313 e. The van der Waals surface area contributed by atoms with E-state index in [2.05, 4.69) is 19.2 Å². The molecule has 3 nitrogen and oxygen atoms in total. The van der Waals surface area contributed by atoms with Crippen molar-refractivity contribution in [3.63, 3.8) is 0 Å². The fourth-order valence-corrected chi connectivity index (χ4v) is 3.13. The van der Waals surface area contributed by atoms with E-state index in [1.165, 1.54) is 25.5 Å². The fourth-order valence-electron chi connectivity index (χ4n) is 2.43. The maximum atomic E-state index is 12.0. The van der Waals surface area contributed by atoms with Gasteiger partial charge in [-0.2, -0.15) is 0 Å². The lowest BCUT2D eigenvalue weighted by atomic mass is 9.87. The summed E-state index contributed by atoms with van der Waals surface area (Å²) in [6, 6.07) is 0.0364. The summed E-state index contributed by atoms with van der Waals surface area (Å²) in [5.74, 6) is 0.616. The van der Waals surface area contributed by atoms with E-state index < -0.39 is 14.6 Å². The normalized spacial score (nSPS) is 16.3. The molecule has 1 N–H and O–H groups in total. The molecule has 0 saturated carbocycles. The van der Waals surface area contributed by atoms with Gasteiger partial charge in [-0.15, -0.1) is 0 Å². The highest BCUT2D eigenvalue weighted by Crippen LogP contribution is 2.28. The van der Waals surface area contributed by atoms with Crippen molar-refractivity contribution in [3.05, 3.63) is 0 Å². The molecule has 0 spiro atoms. The molecule has 0 aliphatic heterocycles. The Balaban J connectivity index is 4.90. The lowest BCUT2D eigenvalue weighted by molar-refractivity contribution is 0.311. The topological polar surface area (TPSA) is 46.2 Å². The molecule has 0 aromatic heterocycles. The maximum Gasteiger partial charge on any atom is 0.154 e. The van der Waals surface area contributed by atoms with Crippen LogP contribution in [0.15, 0.2) is 0 Å². The van der Waals surface area contributed by atoms with Crippen molar-refractivity contribution >= 4 is 9.84 Å². The third-order valence-corrected chi connectivity index (χ3v) is 6.55. The summed E-state index contributed by atoms with van der Waals surface area (Å²) in [5.41, 5.74) is 0. The Morgan fingerprint density at radius 3 is 2.11 bits per heavy atom. The van der Waals surface area contributed by atoms with Gasteiger partial charge in [0.15, 0.2) is 9.84 Å². The van der Waals surface area contributed by atoms with Crippen molar-refractivity contribution in [3.8, 4) is 0 Å². The molecule has 0 bridgehead atoms. The van der Waals surface area contributed by atoms with Gasteiger partial charge >= 0.3 is 0 Å². The van der Waals surface area contributed by atoms with Crippen molar-refractivity contribution in [2.75, 3.05) is 12.8 Å². The molecule has 19 heavy (non-hydrogen) atoms. The van der Waals surface area contributed by atoms with Crippen LogP contribution in [0.3, 0.4) is 0 Å². The first-order chi connectivity index (χ1) is 8.70. The molecule has 2 atom stereocenters. The largest absolute Gasteiger partial charge is 0.313 e. The Morgan fingerprint density at radius 2 is 1.74 bits per heavy atom. The highest BCUT2D eigenvalue weighted by molar-refractivity contribution is 7.92. The van der Waals surface area contributed by atoms with Gasteiger partial charge in [-0.3, -0.25) is 0 Å². The zero-order valence-corrected chi connectivity index (χ0v) is 14.4. The van der Waals surface area contributed by atoms with E-state index in [0.29, 0.717) is 5.92 Å². The molecule has 0 heterocycles. The number of rotatable bonds is 10. The minimum absolute atomic E-state index is 0.0364. The Labute approximate surface area is 120 Å². The summed E-state index contributed by atoms with van der Waals surface area (Å²) in [6.45, 7) is 11.0. The quantitative estimate of drug-likeness (QED) is 0.671. The summed E-state index contributed by atoms with van der Waals surface area (Å²) in [7, 11) is -3.06. The van der Waals surface area contributed by atoms with Crippen LogP contribution in [0.4, 0.5) is 0 Å². The van der Waals surface area contributed by atoms with Crippen molar-refractivity contribution < 1.29 is 8.42 Å². The van der Waals surface area contributed by atoms with Gasteiger partial charge in [0, 0.05) is 12.3 Å². The highest BCUT2D eigenvalue weighted by atomic mass is 32.2. The molecule has 0 saturated heterocycles. The van der Waals surface area contributed by atoms with Crippen molar-refractivity contribution in [1.82, 2.24) is 5.32 Å². The molecular weight excluding hydrogens is 258 g/mol. The number of hydrogen-bond donors (Lipinski definition) is 1. The van der Waals surface area contributed by atoms with Crippen LogP contribution >= 0.6 is 0 Å². The highest BCUT2D eigenvalue weighted by Gasteiger charge is 2.39. The molecule has 0 amide bonds. The first-order valence-electron chi connectivity index (χ1n) is 7.63. The van der Waals surface area contributed by atoms with Gasteiger partial charge in [-0.1, -0.05) is 46.5 Å². The van der Waals surface area contributed by atoms with Crippen LogP contribution in [0.5, 0.6) is 0 Å². The summed E-state index contributed by atoms with van der Waals surface area (Å²) in [5, 5.41) is 3.39. The zero-order chi connectivity index (χ0) is 15.1. The van der Waals surface area contributed by atoms with Crippen molar-refractivity contribution in [1.29, 1.82) is 0 Å². The molecule has 116 valence electrons. The SMILES string of the molecule is CCCCC(CC)CC(NCC)C(C)(C)S(C)(=O)=O. The van der Waals surface area contributed by atoms with E-state index in [-0.39, 0.29) is 6.04 Å². The monoisotopic (exact) mass is 291 g/mol. The lowest BCUT2D eigenvalue weighted by Crippen LogP contribution is -2.52. The Hall–Kier alpha value is -0.0900. The summed E-state index contributed by atoms with van der Waals surface area (Å²) in [6.07, 6.45) is 7.07. The smallest absolute Gasteiger partial charge is 0.154 e. The van der Waals surface area contributed by atoms with E-state index in [9.17, 15) is 8.42 Å². The first kappa shape index (κ1) is 18.9. The van der Waals surface area contributed by atoms with Crippen LogP contribution < -0.4 is 5.32 Å². The number of sulfone groups is 1. The van der Waals surface area contributed by atoms with Crippen LogP contribution in [0.2, 0.25) is 0 Å². The Morgan fingerprint density at radius 1 is 1.16 bits per heavy atom. The van der Waals surface area contributed by atoms with Crippen LogP contribution in [0.1, 0.15) is 66.7 Å². The van der Waals surface area contributed by atoms with Gasteiger partial charge in [-0.25, -0.2) is 8.42 Å². The fraction of sp³-hybridized carbons (Fsp3) is 1.00. The molecule has 0 aromatic rings. The van der Waals surface area contributed by atoms with Crippen LogP contribution in [0, 0.1) is 5.92 Å². The van der Waals surface area contributed by atoms with Crippen LogP contribution in [-0.4, -0.2) is 32.0 Å². The van der Waals surface area contributed by atoms with Gasteiger partial charge in [0.1, 0.15) is 0 Å². The Kier molecular flexibility index (Phi) is 8.21. The van der Waals surface area contributed by atoms with E-state index >= 15 is 0 Å². The second kappa shape index (κ2) is 8.25. The second-order valence-corrected chi connectivity index (χ2v) is 8.73. The van der Waals surface area contributed by atoms with Gasteiger partial charge < -0.3 is 5.32 Å². The average molecular weight is 292 g/mol. The number of hydrogen-bond acceptors (Lipinski definition) is 3. The average Bonchev–Trinajstić information content (AvgIpc) is 2.31. The molecule has 0 rings (SSSR count). The molecule has 4 heteroatoms. The number of unbranched alkanes of at least 4 members (excludes halogenated alkanes) is 1. The predicted molar refractivity (Wildman–Crippen MR) is 84.3 cm³/mol. The predicted octanol–water partition coefficient (Wildman–Crippen LogP) is 3.39. The summed E-state index contributed by atoms with van der Waals surface area (Å²) >= 11 is 0. The number of nitrogens with one attached hydrogen (secondary N) is 1. The van der Waals surface area contributed by atoms with Gasteiger partial charge in [0.2, 0.25) is 0 Å². The summed E-state index contributed by atoms with van der Waals surface area (Å²) < 4.78 is 23.3. The molecular formula is C15H33NO2S. The van der Waals surface area contributed by atoms with Crippen LogP contribution in [0.25, 0.3) is 0 Å². The second-order valence-electron chi connectivity index (χ2n) is 6.14. The Bertz CT molecular complexity index is 336. The molecule has 0 aliphatic rings. The lowest BCUT2D eigenvalue weighted by Gasteiger charge is -2.35.